The number of amides is 1. The SMILES string of the molecule is CC(COc1c(Br)cccc1[N+](=O)[O-])(NC1CC1)C(N)=O. The molecular formula is C13H16BrN3O4. The Hall–Kier alpha value is -1.67. The number of nitrogens with zero attached hydrogens (tertiary/aromatic N) is 1. The first kappa shape index (κ1) is 15.7. The van der Waals surface area contributed by atoms with Crippen LogP contribution in [-0.4, -0.2) is 29.0 Å². The Balaban J connectivity index is 2.17. The number of carbonyl (C=O) groups is 1. The minimum atomic E-state index is -1.07. The fourth-order valence-corrected chi connectivity index (χ4v) is 2.33. The predicted molar refractivity (Wildman–Crippen MR) is 80.0 cm³/mol. The monoisotopic (exact) mass is 357 g/mol. The van der Waals surface area contributed by atoms with E-state index in [4.69, 9.17) is 10.5 Å². The fourth-order valence-electron chi connectivity index (χ4n) is 1.86. The number of nitrogens with one attached hydrogen (secondary N) is 1. The molecule has 1 atom stereocenters. The number of benzene rings is 1. The molecule has 0 saturated heterocycles. The van der Waals surface area contributed by atoms with Gasteiger partial charge in [-0.05, 0) is 41.8 Å². The van der Waals surface area contributed by atoms with E-state index in [1.807, 2.05) is 0 Å². The molecule has 0 bridgehead atoms. The highest BCUT2D eigenvalue weighted by atomic mass is 79.9. The first-order valence-electron chi connectivity index (χ1n) is 6.47. The number of nitro groups is 1. The van der Waals surface area contributed by atoms with Gasteiger partial charge in [0.15, 0.2) is 0 Å². The summed E-state index contributed by atoms with van der Waals surface area (Å²) in [5, 5.41) is 14.1. The second-order valence-corrected chi connectivity index (χ2v) is 6.10. The summed E-state index contributed by atoms with van der Waals surface area (Å²) in [6.45, 7) is 1.55. The zero-order chi connectivity index (χ0) is 15.6. The maximum Gasteiger partial charge on any atom is 0.312 e. The van der Waals surface area contributed by atoms with Crippen molar-refractivity contribution in [1.29, 1.82) is 0 Å². The van der Waals surface area contributed by atoms with Gasteiger partial charge in [-0.15, -0.1) is 0 Å². The third-order valence-corrected chi connectivity index (χ3v) is 3.92. The van der Waals surface area contributed by atoms with Gasteiger partial charge in [0.1, 0.15) is 12.1 Å². The predicted octanol–water partition coefficient (Wildman–Crippen LogP) is 1.73. The van der Waals surface area contributed by atoms with Crippen molar-refractivity contribution in [3.05, 3.63) is 32.8 Å². The van der Waals surface area contributed by atoms with Crippen LogP contribution in [0.2, 0.25) is 0 Å². The van der Waals surface area contributed by atoms with Crippen molar-refractivity contribution in [3.8, 4) is 5.75 Å². The van der Waals surface area contributed by atoms with E-state index in [0.717, 1.165) is 12.8 Å². The molecule has 1 aromatic carbocycles. The van der Waals surface area contributed by atoms with Crippen LogP contribution in [0.1, 0.15) is 19.8 Å². The van der Waals surface area contributed by atoms with Gasteiger partial charge in [0, 0.05) is 12.1 Å². The molecule has 1 amide bonds. The second kappa shape index (κ2) is 5.98. The van der Waals surface area contributed by atoms with Gasteiger partial charge in [-0.1, -0.05) is 6.07 Å². The Morgan fingerprint density at radius 3 is 2.81 bits per heavy atom. The highest BCUT2D eigenvalue weighted by Gasteiger charge is 2.38. The Bertz CT molecular complexity index is 577. The van der Waals surface area contributed by atoms with E-state index in [-0.39, 0.29) is 24.1 Å². The van der Waals surface area contributed by atoms with Crippen LogP contribution in [0.5, 0.6) is 5.75 Å². The summed E-state index contributed by atoms with van der Waals surface area (Å²) in [4.78, 5) is 22.1. The van der Waals surface area contributed by atoms with Crippen LogP contribution in [0.15, 0.2) is 22.7 Å². The number of hydrogen-bond donors (Lipinski definition) is 2. The lowest BCUT2D eigenvalue weighted by atomic mass is 10.0. The second-order valence-electron chi connectivity index (χ2n) is 5.25. The summed E-state index contributed by atoms with van der Waals surface area (Å²) in [7, 11) is 0. The lowest BCUT2D eigenvalue weighted by Crippen LogP contribution is -2.57. The van der Waals surface area contributed by atoms with Crippen LogP contribution < -0.4 is 15.8 Å². The van der Waals surface area contributed by atoms with E-state index < -0.39 is 16.4 Å². The van der Waals surface area contributed by atoms with Crippen LogP contribution in [-0.2, 0) is 4.79 Å². The van der Waals surface area contributed by atoms with Crippen LogP contribution in [0.4, 0.5) is 5.69 Å². The van der Waals surface area contributed by atoms with E-state index in [1.165, 1.54) is 6.07 Å². The van der Waals surface area contributed by atoms with Crippen molar-refractivity contribution in [1.82, 2.24) is 5.32 Å². The van der Waals surface area contributed by atoms with Crippen LogP contribution in [0, 0.1) is 10.1 Å². The van der Waals surface area contributed by atoms with Crippen molar-refractivity contribution >= 4 is 27.5 Å². The van der Waals surface area contributed by atoms with Crippen molar-refractivity contribution in [3.63, 3.8) is 0 Å². The van der Waals surface area contributed by atoms with Crippen molar-refractivity contribution in [2.75, 3.05) is 6.61 Å². The first-order chi connectivity index (χ1) is 9.83. The Morgan fingerprint density at radius 2 is 2.29 bits per heavy atom. The van der Waals surface area contributed by atoms with Crippen LogP contribution in [0.25, 0.3) is 0 Å². The Labute approximate surface area is 130 Å². The molecule has 2 rings (SSSR count). The van der Waals surface area contributed by atoms with Gasteiger partial charge in [0.25, 0.3) is 0 Å². The molecule has 0 heterocycles. The van der Waals surface area contributed by atoms with Crippen molar-refractivity contribution in [2.24, 2.45) is 5.73 Å². The Morgan fingerprint density at radius 1 is 1.62 bits per heavy atom. The Kier molecular flexibility index (Phi) is 4.48. The van der Waals surface area contributed by atoms with Crippen LogP contribution >= 0.6 is 15.9 Å². The number of nitrogens with two attached hydrogens (primary N) is 1. The number of hydrogen-bond acceptors (Lipinski definition) is 5. The molecule has 1 aliphatic carbocycles. The largest absolute Gasteiger partial charge is 0.484 e. The van der Waals surface area contributed by atoms with E-state index in [2.05, 4.69) is 21.2 Å². The van der Waals surface area contributed by atoms with Crippen molar-refractivity contribution in [2.45, 2.75) is 31.3 Å². The lowest BCUT2D eigenvalue weighted by Gasteiger charge is -2.27. The highest BCUT2D eigenvalue weighted by Crippen LogP contribution is 2.35. The summed E-state index contributed by atoms with van der Waals surface area (Å²) >= 11 is 3.22. The quantitative estimate of drug-likeness (QED) is 0.570. The minimum absolute atomic E-state index is 0.0811. The zero-order valence-electron chi connectivity index (χ0n) is 11.5. The summed E-state index contributed by atoms with van der Waals surface area (Å²) in [6.07, 6.45) is 1.97. The van der Waals surface area contributed by atoms with Gasteiger partial charge in [0.05, 0.1) is 9.40 Å². The van der Waals surface area contributed by atoms with Crippen molar-refractivity contribution < 1.29 is 14.5 Å². The smallest absolute Gasteiger partial charge is 0.312 e. The molecule has 21 heavy (non-hydrogen) atoms. The molecule has 0 spiro atoms. The third-order valence-electron chi connectivity index (χ3n) is 3.29. The summed E-state index contributed by atoms with van der Waals surface area (Å²) in [5.41, 5.74) is 4.19. The molecule has 8 heteroatoms. The lowest BCUT2D eigenvalue weighted by molar-refractivity contribution is -0.386. The normalized spacial score (nSPS) is 17.0. The molecule has 1 fully saturated rings. The van der Waals surface area contributed by atoms with E-state index >= 15 is 0 Å². The number of carbonyl (C=O) groups excluding carboxylic acids is 1. The van der Waals surface area contributed by atoms with Gasteiger partial charge >= 0.3 is 5.69 Å². The molecule has 0 aliphatic heterocycles. The molecule has 3 N–H and O–H groups in total. The maximum atomic E-state index is 11.6. The number of primary amides is 1. The van der Waals surface area contributed by atoms with E-state index in [0.29, 0.717) is 4.47 Å². The number of halogens is 1. The summed E-state index contributed by atoms with van der Waals surface area (Å²) < 4.78 is 5.99. The average Bonchev–Trinajstić information content (AvgIpc) is 3.20. The molecule has 1 saturated carbocycles. The number of para-hydroxylation sites is 1. The molecule has 114 valence electrons. The maximum absolute atomic E-state index is 11.6. The molecule has 1 aliphatic rings. The van der Waals surface area contributed by atoms with E-state index in [9.17, 15) is 14.9 Å². The fraction of sp³-hybridized carbons (Fsp3) is 0.462. The van der Waals surface area contributed by atoms with Gasteiger partial charge in [0.2, 0.25) is 11.7 Å². The number of ether oxygens (including phenoxy) is 1. The molecule has 7 nitrogen and oxygen atoms in total. The number of nitro benzene ring substituents is 1. The van der Waals surface area contributed by atoms with Gasteiger partial charge in [-0.2, -0.15) is 0 Å². The first-order valence-corrected chi connectivity index (χ1v) is 7.26. The zero-order valence-corrected chi connectivity index (χ0v) is 13.1. The topological polar surface area (TPSA) is 107 Å². The molecule has 0 radical (unpaired) electrons. The molecule has 0 aromatic heterocycles. The van der Waals surface area contributed by atoms with Gasteiger partial charge in [-0.3, -0.25) is 20.2 Å². The summed E-state index contributed by atoms with van der Waals surface area (Å²) in [6, 6.07) is 4.78. The molecule has 1 aromatic rings. The summed E-state index contributed by atoms with van der Waals surface area (Å²) in [5.74, 6) is -0.461. The van der Waals surface area contributed by atoms with Crippen LogP contribution in [0.3, 0.4) is 0 Å². The molecular weight excluding hydrogens is 342 g/mol. The standard InChI is InChI=1S/C13H16BrN3O4/c1-13(12(15)18,16-8-5-6-8)7-21-11-9(14)3-2-4-10(11)17(19)20/h2-4,8,16H,5-7H2,1H3,(H2,15,18). The van der Waals surface area contributed by atoms with Gasteiger partial charge in [-0.25, -0.2) is 0 Å². The minimum Gasteiger partial charge on any atom is -0.484 e. The van der Waals surface area contributed by atoms with Gasteiger partial charge < -0.3 is 10.5 Å². The molecule has 1 unspecified atom stereocenters. The number of rotatable bonds is 7. The average molecular weight is 358 g/mol. The third kappa shape index (κ3) is 3.70. The van der Waals surface area contributed by atoms with E-state index in [1.54, 1.807) is 19.1 Å². The highest BCUT2D eigenvalue weighted by molar-refractivity contribution is 9.10.